The van der Waals surface area contributed by atoms with E-state index in [9.17, 15) is 10.2 Å². The highest BCUT2D eigenvalue weighted by molar-refractivity contribution is 5.40. The Hall–Kier alpha value is -1.54. The summed E-state index contributed by atoms with van der Waals surface area (Å²) >= 11 is 0. The first kappa shape index (κ1) is 11.9. The summed E-state index contributed by atoms with van der Waals surface area (Å²) in [4.78, 5) is 0. The van der Waals surface area contributed by atoms with Gasteiger partial charge >= 0.3 is 0 Å². The van der Waals surface area contributed by atoms with Gasteiger partial charge in [0.1, 0.15) is 11.4 Å². The molecule has 0 amide bonds. The van der Waals surface area contributed by atoms with Crippen LogP contribution in [0.4, 0.5) is 0 Å². The highest BCUT2D eigenvalue weighted by Gasteiger charge is 2.30. The van der Waals surface area contributed by atoms with Crippen LogP contribution in [0.3, 0.4) is 0 Å². The van der Waals surface area contributed by atoms with Crippen LogP contribution in [0.25, 0.3) is 0 Å². The van der Waals surface area contributed by atoms with Crippen molar-refractivity contribution in [3.63, 3.8) is 0 Å². The Bertz CT molecular complexity index is 472. The summed E-state index contributed by atoms with van der Waals surface area (Å²) in [5, 5.41) is 20.0. The van der Waals surface area contributed by atoms with E-state index < -0.39 is 5.60 Å². The fourth-order valence-corrected chi connectivity index (χ4v) is 2.21. The van der Waals surface area contributed by atoms with Crippen molar-refractivity contribution in [3.05, 3.63) is 59.4 Å². The molecule has 1 aromatic rings. The summed E-state index contributed by atoms with van der Waals surface area (Å²) in [6.07, 6.45) is 5.29. The van der Waals surface area contributed by atoms with Gasteiger partial charge < -0.3 is 10.2 Å². The van der Waals surface area contributed by atoms with E-state index in [1.165, 1.54) is 0 Å². The maximum Gasteiger partial charge on any atom is 0.112 e. The van der Waals surface area contributed by atoms with Gasteiger partial charge in [0.05, 0.1) is 0 Å². The van der Waals surface area contributed by atoms with Crippen LogP contribution in [0.5, 0.6) is 0 Å². The molecule has 0 fully saturated rings. The summed E-state index contributed by atoms with van der Waals surface area (Å²) < 4.78 is 0. The Morgan fingerprint density at radius 2 is 1.94 bits per heavy atom. The second kappa shape index (κ2) is 4.38. The Labute approximate surface area is 102 Å². The summed E-state index contributed by atoms with van der Waals surface area (Å²) in [6.45, 7) is 4.23. The summed E-state index contributed by atoms with van der Waals surface area (Å²) in [6, 6.07) is 7.92. The molecule has 2 nitrogen and oxygen atoms in total. The smallest absolute Gasteiger partial charge is 0.112 e. The SMILES string of the molecule is CC(C)c1ccccc1C1(O)C=CC(O)=CC1. The van der Waals surface area contributed by atoms with E-state index in [0.717, 1.165) is 11.1 Å². The van der Waals surface area contributed by atoms with E-state index in [4.69, 9.17) is 0 Å². The van der Waals surface area contributed by atoms with E-state index in [-0.39, 0.29) is 5.76 Å². The quantitative estimate of drug-likeness (QED) is 0.817. The zero-order chi connectivity index (χ0) is 12.5. The van der Waals surface area contributed by atoms with Crippen LogP contribution < -0.4 is 0 Å². The number of hydrogen-bond donors (Lipinski definition) is 2. The zero-order valence-electron chi connectivity index (χ0n) is 10.2. The van der Waals surface area contributed by atoms with Crippen LogP contribution in [-0.4, -0.2) is 10.2 Å². The van der Waals surface area contributed by atoms with Gasteiger partial charge in [0, 0.05) is 6.42 Å². The Morgan fingerprint density at radius 3 is 2.53 bits per heavy atom. The molecular weight excluding hydrogens is 212 g/mol. The van der Waals surface area contributed by atoms with E-state index >= 15 is 0 Å². The molecule has 0 aliphatic heterocycles. The minimum Gasteiger partial charge on any atom is -0.508 e. The lowest BCUT2D eigenvalue weighted by molar-refractivity contribution is 0.0881. The fourth-order valence-electron chi connectivity index (χ4n) is 2.21. The standard InChI is InChI=1S/C15H18O2/c1-11(2)13-5-3-4-6-14(13)15(17)9-7-12(16)8-10-15/h3-9,11,16-17H,10H2,1-2H3. The van der Waals surface area contributed by atoms with Crippen molar-refractivity contribution in [3.8, 4) is 0 Å². The third-order valence-electron chi connectivity index (χ3n) is 3.20. The summed E-state index contributed by atoms with van der Waals surface area (Å²) in [7, 11) is 0. The average Bonchev–Trinajstić information content (AvgIpc) is 2.33. The van der Waals surface area contributed by atoms with Gasteiger partial charge in [-0.3, -0.25) is 0 Å². The lowest BCUT2D eigenvalue weighted by Crippen LogP contribution is -2.26. The van der Waals surface area contributed by atoms with Crippen molar-refractivity contribution in [2.75, 3.05) is 0 Å². The van der Waals surface area contributed by atoms with Gasteiger partial charge in [-0.15, -0.1) is 0 Å². The fraction of sp³-hybridized carbons (Fsp3) is 0.333. The molecule has 2 N–H and O–H groups in total. The minimum absolute atomic E-state index is 0.219. The molecule has 0 heterocycles. The number of hydrogen-bond acceptors (Lipinski definition) is 2. The van der Waals surface area contributed by atoms with Gasteiger partial charge in [0.15, 0.2) is 0 Å². The van der Waals surface area contributed by atoms with Gasteiger partial charge in [-0.2, -0.15) is 0 Å². The first-order valence-electron chi connectivity index (χ1n) is 5.93. The van der Waals surface area contributed by atoms with Gasteiger partial charge in [0.2, 0.25) is 0 Å². The molecule has 1 aliphatic carbocycles. The monoisotopic (exact) mass is 230 g/mol. The second-order valence-corrected chi connectivity index (χ2v) is 4.83. The molecule has 0 spiro atoms. The molecule has 0 aromatic heterocycles. The molecular formula is C15H18O2. The van der Waals surface area contributed by atoms with Crippen molar-refractivity contribution in [1.29, 1.82) is 0 Å². The normalized spacial score (nSPS) is 23.9. The van der Waals surface area contributed by atoms with Gasteiger partial charge in [0.25, 0.3) is 0 Å². The minimum atomic E-state index is -0.993. The number of allylic oxidation sites excluding steroid dienone is 1. The molecule has 2 heteroatoms. The summed E-state index contributed by atoms with van der Waals surface area (Å²) in [5.41, 5.74) is 1.08. The zero-order valence-corrected chi connectivity index (χ0v) is 10.2. The molecule has 1 aromatic carbocycles. The summed E-state index contributed by atoms with van der Waals surface area (Å²) in [5.74, 6) is 0.583. The number of aliphatic hydroxyl groups is 2. The van der Waals surface area contributed by atoms with Crippen molar-refractivity contribution in [2.45, 2.75) is 31.8 Å². The van der Waals surface area contributed by atoms with Crippen molar-refractivity contribution in [2.24, 2.45) is 0 Å². The van der Waals surface area contributed by atoms with Crippen molar-refractivity contribution >= 4 is 0 Å². The number of aliphatic hydroxyl groups excluding tert-OH is 1. The molecule has 90 valence electrons. The maximum atomic E-state index is 10.6. The average molecular weight is 230 g/mol. The van der Waals surface area contributed by atoms with E-state index in [0.29, 0.717) is 12.3 Å². The Balaban J connectivity index is 2.44. The molecule has 0 saturated carbocycles. The first-order chi connectivity index (χ1) is 8.03. The third kappa shape index (κ3) is 2.27. The predicted octanol–water partition coefficient (Wildman–Crippen LogP) is 3.40. The van der Waals surface area contributed by atoms with E-state index in [1.807, 2.05) is 24.3 Å². The van der Waals surface area contributed by atoms with Gasteiger partial charge in [-0.25, -0.2) is 0 Å². The molecule has 1 atom stereocenters. The molecule has 1 aliphatic rings. The van der Waals surface area contributed by atoms with Crippen LogP contribution >= 0.6 is 0 Å². The van der Waals surface area contributed by atoms with Crippen LogP contribution in [0.1, 0.15) is 37.3 Å². The molecule has 0 saturated heterocycles. The van der Waals surface area contributed by atoms with Crippen molar-refractivity contribution < 1.29 is 10.2 Å². The van der Waals surface area contributed by atoms with E-state index in [2.05, 4.69) is 13.8 Å². The molecule has 0 bridgehead atoms. The predicted molar refractivity (Wildman–Crippen MR) is 68.9 cm³/mol. The van der Waals surface area contributed by atoms with E-state index in [1.54, 1.807) is 18.2 Å². The van der Waals surface area contributed by atoms with Crippen LogP contribution in [0, 0.1) is 0 Å². The topological polar surface area (TPSA) is 40.5 Å². The third-order valence-corrected chi connectivity index (χ3v) is 3.20. The Kier molecular flexibility index (Phi) is 3.07. The van der Waals surface area contributed by atoms with Crippen LogP contribution in [-0.2, 0) is 5.60 Å². The van der Waals surface area contributed by atoms with Crippen molar-refractivity contribution in [1.82, 2.24) is 0 Å². The largest absolute Gasteiger partial charge is 0.508 e. The van der Waals surface area contributed by atoms with Gasteiger partial charge in [-0.1, -0.05) is 38.1 Å². The first-order valence-corrected chi connectivity index (χ1v) is 5.93. The van der Waals surface area contributed by atoms with Crippen LogP contribution in [0.2, 0.25) is 0 Å². The second-order valence-electron chi connectivity index (χ2n) is 4.83. The van der Waals surface area contributed by atoms with Crippen LogP contribution in [0.15, 0.2) is 48.3 Å². The highest BCUT2D eigenvalue weighted by Crippen LogP contribution is 2.35. The molecule has 0 radical (unpaired) electrons. The molecule has 2 rings (SSSR count). The van der Waals surface area contributed by atoms with Gasteiger partial charge in [-0.05, 0) is 35.3 Å². The highest BCUT2D eigenvalue weighted by atomic mass is 16.3. The Morgan fingerprint density at radius 1 is 1.24 bits per heavy atom. The molecule has 17 heavy (non-hydrogen) atoms. The number of benzene rings is 1. The lowest BCUT2D eigenvalue weighted by Gasteiger charge is -2.29. The maximum absolute atomic E-state index is 10.6. The number of rotatable bonds is 2. The molecule has 1 unspecified atom stereocenters. The lowest BCUT2D eigenvalue weighted by atomic mass is 9.81.